The van der Waals surface area contributed by atoms with Crippen molar-refractivity contribution >= 4 is 16.5 Å². The molecule has 0 aromatic heterocycles. The van der Waals surface area contributed by atoms with Gasteiger partial charge in [-0.1, -0.05) is 36.4 Å². The largest absolute Gasteiger partial charge is 0.367 e. The van der Waals surface area contributed by atoms with Gasteiger partial charge in [-0.05, 0) is 65.4 Å². The summed E-state index contributed by atoms with van der Waals surface area (Å²) in [5.41, 5.74) is 3.06. The van der Waals surface area contributed by atoms with E-state index >= 15 is 0 Å². The molecule has 1 fully saturated rings. The predicted octanol–water partition coefficient (Wildman–Crippen LogP) is 5.05. The third-order valence-corrected chi connectivity index (χ3v) is 6.33. The van der Waals surface area contributed by atoms with E-state index in [4.69, 9.17) is 0 Å². The molecule has 1 N–H and O–H groups in total. The van der Waals surface area contributed by atoms with E-state index < -0.39 is 5.54 Å². The van der Waals surface area contributed by atoms with Crippen molar-refractivity contribution in [2.75, 3.05) is 18.4 Å². The number of benzene rings is 3. The molecule has 0 saturated carbocycles. The van der Waals surface area contributed by atoms with Crippen LogP contribution >= 0.6 is 0 Å². The summed E-state index contributed by atoms with van der Waals surface area (Å²) < 4.78 is 13.2. The average Bonchev–Trinajstić information content (AvgIpc) is 3.11. The highest BCUT2D eigenvalue weighted by Crippen LogP contribution is 2.42. The molecule has 3 nitrogen and oxygen atoms in total. The third kappa shape index (κ3) is 2.83. The van der Waals surface area contributed by atoms with Crippen molar-refractivity contribution in [2.45, 2.75) is 30.8 Å². The van der Waals surface area contributed by atoms with Gasteiger partial charge in [0.2, 0.25) is 0 Å². The monoisotopic (exact) mass is 371 g/mol. The molecule has 4 heteroatoms. The Morgan fingerprint density at radius 3 is 2.43 bits per heavy atom. The van der Waals surface area contributed by atoms with Crippen LogP contribution in [0.4, 0.5) is 10.1 Å². The van der Waals surface area contributed by atoms with Crippen LogP contribution in [0.2, 0.25) is 0 Å². The zero-order chi connectivity index (χ0) is 19.1. The summed E-state index contributed by atoms with van der Waals surface area (Å²) in [6.07, 6.45) is 2.55. The van der Waals surface area contributed by atoms with Gasteiger partial charge in [-0.25, -0.2) is 4.39 Å². The molecule has 3 aromatic rings. The van der Waals surface area contributed by atoms with Gasteiger partial charge in [0, 0.05) is 24.8 Å². The van der Waals surface area contributed by atoms with Crippen LogP contribution in [0.25, 0.3) is 10.8 Å². The Morgan fingerprint density at radius 1 is 1.00 bits per heavy atom. The number of nitriles is 1. The summed E-state index contributed by atoms with van der Waals surface area (Å²) in [7, 11) is 0. The van der Waals surface area contributed by atoms with E-state index in [1.165, 1.54) is 34.0 Å². The maximum Gasteiger partial charge on any atom is 0.127 e. The first-order valence-electron chi connectivity index (χ1n) is 9.87. The molecule has 3 aromatic carbocycles. The Bertz CT molecular complexity index is 1050. The normalized spacial score (nSPS) is 20.8. The molecular formula is C24H22FN3. The van der Waals surface area contributed by atoms with Gasteiger partial charge in [-0.3, -0.25) is 4.90 Å². The predicted molar refractivity (Wildman–Crippen MR) is 110 cm³/mol. The fourth-order valence-corrected chi connectivity index (χ4v) is 4.83. The Labute approximate surface area is 164 Å². The number of piperidine rings is 1. The number of hydrogen-bond donors (Lipinski definition) is 1. The smallest absolute Gasteiger partial charge is 0.127 e. The number of hydrogen-bond acceptors (Lipinski definition) is 3. The fraction of sp³-hybridized carbons (Fsp3) is 0.292. The van der Waals surface area contributed by atoms with Gasteiger partial charge in [0.15, 0.2) is 0 Å². The number of anilines is 1. The molecule has 1 saturated heterocycles. The van der Waals surface area contributed by atoms with E-state index in [1.54, 1.807) is 12.1 Å². The van der Waals surface area contributed by atoms with Gasteiger partial charge < -0.3 is 5.32 Å². The second-order valence-corrected chi connectivity index (χ2v) is 7.94. The highest BCUT2D eigenvalue weighted by molar-refractivity contribution is 5.91. The molecule has 1 heterocycles. The molecule has 140 valence electrons. The van der Waals surface area contributed by atoms with Crippen LogP contribution < -0.4 is 5.32 Å². The molecule has 2 aliphatic rings. The Balaban J connectivity index is 1.34. The SMILES string of the molecule is N#CC1(Nc2ccc(F)cc2)CCN(C2Cc3cccc4cccc2c34)CC1. The number of nitrogens with one attached hydrogen (secondary N) is 1. The maximum atomic E-state index is 13.2. The second kappa shape index (κ2) is 6.61. The number of likely N-dealkylation sites (tertiary alicyclic amines) is 1. The Morgan fingerprint density at radius 2 is 1.71 bits per heavy atom. The van der Waals surface area contributed by atoms with Crippen LogP contribution in [0, 0.1) is 17.1 Å². The van der Waals surface area contributed by atoms with Gasteiger partial charge in [0.05, 0.1) is 6.07 Å². The zero-order valence-corrected chi connectivity index (χ0v) is 15.7. The van der Waals surface area contributed by atoms with Gasteiger partial charge in [0.25, 0.3) is 0 Å². The van der Waals surface area contributed by atoms with Crippen molar-refractivity contribution in [1.29, 1.82) is 5.26 Å². The van der Waals surface area contributed by atoms with E-state index in [0.717, 1.165) is 38.0 Å². The zero-order valence-electron chi connectivity index (χ0n) is 15.7. The van der Waals surface area contributed by atoms with Gasteiger partial charge >= 0.3 is 0 Å². The molecule has 5 rings (SSSR count). The van der Waals surface area contributed by atoms with Crippen LogP contribution in [-0.4, -0.2) is 23.5 Å². The molecule has 0 spiro atoms. The molecule has 1 atom stereocenters. The highest BCUT2D eigenvalue weighted by Gasteiger charge is 2.38. The minimum absolute atomic E-state index is 0.263. The van der Waals surface area contributed by atoms with Gasteiger partial charge in [-0.2, -0.15) is 5.26 Å². The summed E-state index contributed by atoms with van der Waals surface area (Å²) in [4.78, 5) is 2.52. The summed E-state index contributed by atoms with van der Waals surface area (Å²) in [5.74, 6) is -0.263. The lowest BCUT2D eigenvalue weighted by molar-refractivity contribution is 0.144. The Kier molecular flexibility index (Phi) is 4.07. The number of nitrogens with zero attached hydrogens (tertiary/aromatic N) is 2. The van der Waals surface area contributed by atoms with Crippen LogP contribution in [-0.2, 0) is 6.42 Å². The Hall–Kier alpha value is -2.90. The average molecular weight is 371 g/mol. The molecule has 1 aliphatic carbocycles. The van der Waals surface area contributed by atoms with E-state index in [2.05, 4.69) is 52.7 Å². The molecule has 0 bridgehead atoms. The summed E-state index contributed by atoms with van der Waals surface area (Å²) in [5, 5.41) is 16.0. The van der Waals surface area contributed by atoms with Crippen molar-refractivity contribution in [1.82, 2.24) is 4.90 Å². The van der Waals surface area contributed by atoms with Crippen LogP contribution in [0.5, 0.6) is 0 Å². The van der Waals surface area contributed by atoms with Crippen molar-refractivity contribution in [3.8, 4) is 6.07 Å². The lowest BCUT2D eigenvalue weighted by Crippen LogP contribution is -2.49. The first-order chi connectivity index (χ1) is 13.7. The maximum absolute atomic E-state index is 13.2. The van der Waals surface area contributed by atoms with Crippen molar-refractivity contribution in [3.63, 3.8) is 0 Å². The molecular weight excluding hydrogens is 349 g/mol. The molecule has 1 aliphatic heterocycles. The van der Waals surface area contributed by atoms with Crippen LogP contribution in [0.3, 0.4) is 0 Å². The third-order valence-electron chi connectivity index (χ3n) is 6.33. The number of rotatable bonds is 3. The molecule has 28 heavy (non-hydrogen) atoms. The minimum atomic E-state index is -0.591. The van der Waals surface area contributed by atoms with E-state index in [0.29, 0.717) is 6.04 Å². The van der Waals surface area contributed by atoms with Gasteiger partial charge in [-0.15, -0.1) is 0 Å². The summed E-state index contributed by atoms with van der Waals surface area (Å²) in [6.45, 7) is 1.74. The summed E-state index contributed by atoms with van der Waals surface area (Å²) >= 11 is 0. The van der Waals surface area contributed by atoms with E-state index in [-0.39, 0.29) is 5.82 Å². The highest BCUT2D eigenvalue weighted by atomic mass is 19.1. The second-order valence-electron chi connectivity index (χ2n) is 7.94. The van der Waals surface area contributed by atoms with Crippen LogP contribution in [0.1, 0.15) is 30.0 Å². The topological polar surface area (TPSA) is 39.1 Å². The first kappa shape index (κ1) is 17.2. The van der Waals surface area contributed by atoms with Crippen molar-refractivity contribution in [2.24, 2.45) is 0 Å². The lowest BCUT2D eigenvalue weighted by Gasteiger charge is -2.41. The minimum Gasteiger partial charge on any atom is -0.367 e. The molecule has 1 unspecified atom stereocenters. The van der Waals surface area contributed by atoms with E-state index in [9.17, 15) is 9.65 Å². The van der Waals surface area contributed by atoms with Crippen LogP contribution in [0.15, 0.2) is 60.7 Å². The quantitative estimate of drug-likeness (QED) is 0.700. The molecule has 0 amide bonds. The van der Waals surface area contributed by atoms with Crippen molar-refractivity contribution < 1.29 is 4.39 Å². The number of halogens is 1. The summed E-state index contributed by atoms with van der Waals surface area (Å²) in [6, 6.07) is 22.3. The van der Waals surface area contributed by atoms with Crippen molar-refractivity contribution in [3.05, 3.63) is 77.6 Å². The molecule has 0 radical (unpaired) electrons. The van der Waals surface area contributed by atoms with E-state index in [1.807, 2.05) is 0 Å². The van der Waals surface area contributed by atoms with Gasteiger partial charge in [0.1, 0.15) is 11.4 Å². The first-order valence-corrected chi connectivity index (χ1v) is 9.87. The fourth-order valence-electron chi connectivity index (χ4n) is 4.83. The lowest BCUT2D eigenvalue weighted by atomic mass is 9.87. The standard InChI is InChI=1S/C24H22FN3/c25-19-7-9-20(10-8-19)27-24(16-26)11-13-28(14-12-24)22-15-18-5-1-3-17-4-2-6-21(22)23(17)18/h1-10,22,27H,11-15H2.